The van der Waals surface area contributed by atoms with Gasteiger partial charge in [0.25, 0.3) is 0 Å². The Bertz CT molecular complexity index is 3720. The molecule has 0 fully saturated rings. The number of benzene rings is 12. The SMILES string of the molecule is Cc1ccc(F)c(N(c2cc(-c3ccccc3)cc(-c3ccc(F)cc3)c2)c2ccc3ccc4c(N(c5cc(-c6ccccc6)cc(-c6ccc(F)cc6)c5)c5cc(C)ccc5F)ccc5ccc2c3c54)c1. The highest BCUT2D eigenvalue weighted by Gasteiger charge is 2.26. The topological polar surface area (TPSA) is 6.48 Å². The number of nitrogens with zero attached hydrogens (tertiary/aromatic N) is 2. The van der Waals surface area contributed by atoms with Gasteiger partial charge in [-0.25, -0.2) is 17.6 Å². The highest BCUT2D eigenvalue weighted by Crippen LogP contribution is 2.50. The third kappa shape index (κ3) is 8.07. The lowest BCUT2D eigenvalue weighted by Gasteiger charge is -2.30. The summed E-state index contributed by atoms with van der Waals surface area (Å²) in [5.41, 5.74) is 12.5. The lowest BCUT2D eigenvalue weighted by Crippen LogP contribution is -2.14. The Morgan fingerprint density at radius 1 is 0.278 bits per heavy atom. The van der Waals surface area contributed by atoms with Gasteiger partial charge in [-0.3, -0.25) is 0 Å². The van der Waals surface area contributed by atoms with Gasteiger partial charge in [0.1, 0.15) is 23.3 Å². The molecular weight excluding hydrogens is 897 g/mol. The number of hydrogen-bond donors (Lipinski definition) is 0. The molecule has 0 bridgehead atoms. The van der Waals surface area contributed by atoms with Crippen molar-refractivity contribution in [3.63, 3.8) is 0 Å². The first kappa shape index (κ1) is 44.2. The van der Waals surface area contributed by atoms with Crippen LogP contribution in [0.1, 0.15) is 11.1 Å². The van der Waals surface area contributed by atoms with Gasteiger partial charge in [0.05, 0.1) is 22.7 Å². The molecule has 0 saturated carbocycles. The molecule has 12 aromatic rings. The fourth-order valence-corrected chi connectivity index (χ4v) is 10.3. The van der Waals surface area contributed by atoms with Gasteiger partial charge in [0.2, 0.25) is 0 Å². The zero-order valence-corrected chi connectivity index (χ0v) is 39.3. The van der Waals surface area contributed by atoms with Crippen LogP contribution in [0.25, 0.3) is 76.8 Å². The van der Waals surface area contributed by atoms with Crippen molar-refractivity contribution in [2.45, 2.75) is 13.8 Å². The first-order chi connectivity index (χ1) is 35.1. The van der Waals surface area contributed by atoms with E-state index in [1.54, 1.807) is 36.4 Å². The molecule has 0 N–H and O–H groups in total. The molecule has 0 radical (unpaired) electrons. The number of halogens is 4. The Kier molecular flexibility index (Phi) is 11.1. The first-order valence-electron chi connectivity index (χ1n) is 23.9. The van der Waals surface area contributed by atoms with Gasteiger partial charge in [0.15, 0.2) is 0 Å². The van der Waals surface area contributed by atoms with Crippen LogP contribution >= 0.6 is 0 Å². The van der Waals surface area contributed by atoms with E-state index in [0.29, 0.717) is 22.7 Å². The summed E-state index contributed by atoms with van der Waals surface area (Å²) in [6, 6.07) is 72.4. The van der Waals surface area contributed by atoms with E-state index >= 15 is 8.78 Å². The number of hydrogen-bond acceptors (Lipinski definition) is 2. The van der Waals surface area contributed by atoms with Crippen LogP contribution in [-0.2, 0) is 0 Å². The Hall–Kier alpha value is -9.00. The van der Waals surface area contributed by atoms with E-state index in [1.165, 1.54) is 36.4 Å². The third-order valence-electron chi connectivity index (χ3n) is 13.7. The minimum atomic E-state index is -0.393. The average molecular weight is 941 g/mol. The Labute approximate surface area is 415 Å². The predicted octanol–water partition coefficient (Wildman–Crippen LogP) is 19.4. The van der Waals surface area contributed by atoms with Crippen molar-refractivity contribution in [3.05, 3.63) is 265 Å². The fraction of sp³-hybridized carbons (Fsp3) is 0.0303. The Morgan fingerprint density at radius 3 is 1.00 bits per heavy atom. The largest absolute Gasteiger partial charge is 0.307 e. The summed E-state index contributed by atoms with van der Waals surface area (Å²) in [6.07, 6.45) is 0. The Balaban J connectivity index is 1.12. The van der Waals surface area contributed by atoms with Gasteiger partial charge in [0, 0.05) is 22.1 Å². The van der Waals surface area contributed by atoms with Crippen molar-refractivity contribution in [1.82, 2.24) is 0 Å². The zero-order chi connectivity index (χ0) is 49.0. The zero-order valence-electron chi connectivity index (χ0n) is 39.3. The monoisotopic (exact) mass is 940 g/mol. The van der Waals surface area contributed by atoms with E-state index in [1.807, 2.05) is 109 Å². The standard InChI is InChI=1S/C66H44F4N2/c1-41-13-29-59(69)63(33-41)71(55-37-49(43-9-5-3-6-10-43)35-51(39-55)45-15-23-53(67)24-16-45)61-31-21-47-20-28-58-62(32-22-48-19-27-57(61)65(47)66(48)58)72(64-34-42(2)14-30-60(64)70)56-38-50(44-11-7-4-8-12-44)36-52(40-56)46-17-25-54(68)26-18-46/h3-40H,1-2H3. The molecule has 0 atom stereocenters. The molecule has 0 unspecified atom stereocenters. The van der Waals surface area contributed by atoms with E-state index in [9.17, 15) is 8.78 Å². The van der Waals surface area contributed by atoms with Crippen molar-refractivity contribution in [3.8, 4) is 44.5 Å². The first-order valence-corrected chi connectivity index (χ1v) is 23.9. The second-order valence-electron chi connectivity index (χ2n) is 18.5. The van der Waals surface area contributed by atoms with Gasteiger partial charge >= 0.3 is 0 Å². The van der Waals surface area contributed by atoms with Crippen molar-refractivity contribution in [2.75, 3.05) is 9.80 Å². The predicted molar refractivity (Wildman–Crippen MR) is 291 cm³/mol. The maximum absolute atomic E-state index is 16.8. The summed E-state index contributed by atoms with van der Waals surface area (Å²) in [7, 11) is 0. The van der Waals surface area contributed by atoms with Gasteiger partial charge in [-0.05, 0) is 188 Å². The molecule has 12 rings (SSSR count). The van der Waals surface area contributed by atoms with Gasteiger partial charge in [-0.15, -0.1) is 0 Å². The molecule has 0 saturated heterocycles. The van der Waals surface area contributed by atoms with E-state index in [2.05, 4.69) is 72.8 Å². The minimum absolute atomic E-state index is 0.332. The number of aryl methyl sites for hydroxylation is 2. The molecule has 12 aromatic carbocycles. The molecule has 72 heavy (non-hydrogen) atoms. The van der Waals surface area contributed by atoms with Crippen LogP contribution in [0.3, 0.4) is 0 Å². The van der Waals surface area contributed by atoms with Crippen molar-refractivity contribution >= 4 is 66.4 Å². The molecule has 6 heteroatoms. The maximum Gasteiger partial charge on any atom is 0.147 e. The molecule has 346 valence electrons. The Morgan fingerprint density at radius 2 is 0.625 bits per heavy atom. The van der Waals surface area contributed by atoms with E-state index in [-0.39, 0.29) is 11.6 Å². The van der Waals surface area contributed by atoms with Crippen molar-refractivity contribution in [1.29, 1.82) is 0 Å². The van der Waals surface area contributed by atoms with Crippen LogP contribution in [0, 0.1) is 37.1 Å². The molecule has 0 aliphatic heterocycles. The highest BCUT2D eigenvalue weighted by atomic mass is 19.1. The average Bonchev–Trinajstić information content (AvgIpc) is 3.41. The van der Waals surface area contributed by atoms with Crippen molar-refractivity contribution < 1.29 is 17.6 Å². The summed E-state index contributed by atoms with van der Waals surface area (Å²) >= 11 is 0. The summed E-state index contributed by atoms with van der Waals surface area (Å²) in [5, 5.41) is 5.67. The second kappa shape index (κ2) is 18.1. The number of rotatable bonds is 10. The van der Waals surface area contributed by atoms with Crippen LogP contribution in [-0.4, -0.2) is 0 Å². The summed E-state index contributed by atoms with van der Waals surface area (Å²) in [4.78, 5) is 3.99. The lowest BCUT2D eigenvalue weighted by atomic mass is 9.91. The second-order valence-corrected chi connectivity index (χ2v) is 18.5. The summed E-state index contributed by atoms with van der Waals surface area (Å²) in [5.74, 6) is -1.45. The molecule has 0 aromatic heterocycles. The molecule has 0 heterocycles. The van der Waals surface area contributed by atoms with E-state index in [4.69, 9.17) is 0 Å². The highest BCUT2D eigenvalue weighted by molar-refractivity contribution is 6.28. The van der Waals surface area contributed by atoms with Crippen LogP contribution in [0.4, 0.5) is 51.7 Å². The van der Waals surface area contributed by atoms with Gasteiger partial charge in [-0.2, -0.15) is 0 Å². The van der Waals surface area contributed by atoms with E-state index in [0.717, 1.165) is 99.3 Å². The normalized spacial score (nSPS) is 11.5. The molecule has 0 amide bonds. The van der Waals surface area contributed by atoms with Crippen molar-refractivity contribution in [2.24, 2.45) is 0 Å². The van der Waals surface area contributed by atoms with Crippen LogP contribution in [0.5, 0.6) is 0 Å². The molecule has 0 aliphatic rings. The van der Waals surface area contributed by atoms with Crippen LogP contribution in [0.15, 0.2) is 231 Å². The fourth-order valence-electron chi connectivity index (χ4n) is 10.3. The minimum Gasteiger partial charge on any atom is -0.307 e. The maximum atomic E-state index is 16.8. The van der Waals surface area contributed by atoms with Gasteiger partial charge < -0.3 is 9.80 Å². The summed E-state index contributed by atoms with van der Waals surface area (Å²) < 4.78 is 62.3. The molecular formula is C66H44F4N2. The van der Waals surface area contributed by atoms with Gasteiger partial charge in [-0.1, -0.05) is 133 Å². The molecule has 2 nitrogen and oxygen atoms in total. The number of anilines is 6. The summed E-state index contributed by atoms with van der Waals surface area (Å²) in [6.45, 7) is 3.91. The third-order valence-corrected chi connectivity index (χ3v) is 13.7. The lowest BCUT2D eigenvalue weighted by molar-refractivity contribution is 0.627. The van der Waals surface area contributed by atoms with E-state index < -0.39 is 11.6 Å². The van der Waals surface area contributed by atoms with Crippen LogP contribution in [0.2, 0.25) is 0 Å². The van der Waals surface area contributed by atoms with Crippen LogP contribution < -0.4 is 9.80 Å². The molecule has 0 aliphatic carbocycles. The molecule has 0 spiro atoms. The quantitative estimate of drug-likeness (QED) is 0.0996. The smallest absolute Gasteiger partial charge is 0.147 e.